The SMILES string of the molecule is CC(=O)c1c(C)c2cnc(Cl)nc2n(C2CCCC2)c1=O. The Morgan fingerprint density at radius 1 is 1.38 bits per heavy atom. The summed E-state index contributed by atoms with van der Waals surface area (Å²) < 4.78 is 1.65. The summed E-state index contributed by atoms with van der Waals surface area (Å²) in [6.07, 6.45) is 5.62. The minimum absolute atomic E-state index is 0.0877. The van der Waals surface area contributed by atoms with E-state index in [1.807, 2.05) is 0 Å². The largest absolute Gasteiger partial charge is 0.294 e. The number of halogens is 1. The lowest BCUT2D eigenvalue weighted by Gasteiger charge is -2.18. The van der Waals surface area contributed by atoms with Gasteiger partial charge in [0.25, 0.3) is 5.56 Å². The van der Waals surface area contributed by atoms with Crippen LogP contribution in [-0.4, -0.2) is 20.3 Å². The minimum Gasteiger partial charge on any atom is -0.294 e. The molecule has 0 N–H and O–H groups in total. The van der Waals surface area contributed by atoms with Gasteiger partial charge in [-0.15, -0.1) is 0 Å². The number of pyridine rings is 1. The number of fused-ring (bicyclic) bond motifs is 1. The van der Waals surface area contributed by atoms with Crippen molar-refractivity contribution >= 4 is 28.4 Å². The molecule has 1 aliphatic rings. The predicted molar refractivity (Wildman–Crippen MR) is 81.1 cm³/mol. The quantitative estimate of drug-likeness (QED) is 0.632. The molecule has 0 spiro atoms. The van der Waals surface area contributed by atoms with Gasteiger partial charge in [-0.1, -0.05) is 12.8 Å². The minimum atomic E-state index is -0.255. The molecule has 0 bridgehead atoms. The summed E-state index contributed by atoms with van der Waals surface area (Å²) in [5.74, 6) is -0.221. The fraction of sp³-hybridized carbons (Fsp3) is 0.467. The second-order valence-corrected chi connectivity index (χ2v) is 5.88. The third kappa shape index (κ3) is 2.25. The first-order valence-electron chi connectivity index (χ1n) is 7.09. The smallest absolute Gasteiger partial charge is 0.263 e. The van der Waals surface area contributed by atoms with E-state index in [4.69, 9.17) is 11.6 Å². The second kappa shape index (κ2) is 5.22. The molecule has 0 radical (unpaired) electrons. The van der Waals surface area contributed by atoms with E-state index >= 15 is 0 Å². The molecule has 1 aliphatic carbocycles. The van der Waals surface area contributed by atoms with Crippen LogP contribution in [0, 0.1) is 6.92 Å². The van der Waals surface area contributed by atoms with E-state index in [0.29, 0.717) is 11.2 Å². The number of carbonyl (C=O) groups is 1. The molecule has 0 atom stereocenters. The highest BCUT2D eigenvalue weighted by molar-refractivity contribution is 6.28. The van der Waals surface area contributed by atoms with Crippen LogP contribution >= 0.6 is 11.6 Å². The summed E-state index contributed by atoms with van der Waals surface area (Å²) >= 11 is 5.90. The van der Waals surface area contributed by atoms with E-state index in [-0.39, 0.29) is 28.2 Å². The molecule has 0 unspecified atom stereocenters. The van der Waals surface area contributed by atoms with Crippen molar-refractivity contribution in [3.05, 3.63) is 33.0 Å². The molecule has 0 amide bonds. The molecule has 3 rings (SSSR count). The van der Waals surface area contributed by atoms with Gasteiger partial charge in [0, 0.05) is 17.6 Å². The highest BCUT2D eigenvalue weighted by Crippen LogP contribution is 2.31. The predicted octanol–water partition coefficient (Wildman–Crippen LogP) is 3.07. The van der Waals surface area contributed by atoms with Crippen LogP contribution in [0.1, 0.15) is 54.6 Å². The zero-order chi connectivity index (χ0) is 15.1. The third-order valence-corrected chi connectivity index (χ3v) is 4.40. The van der Waals surface area contributed by atoms with Gasteiger partial charge in [0.05, 0.1) is 5.56 Å². The van der Waals surface area contributed by atoms with Gasteiger partial charge in [-0.05, 0) is 43.9 Å². The highest BCUT2D eigenvalue weighted by atomic mass is 35.5. The molecule has 0 aromatic carbocycles. The number of Topliss-reactive ketones (excluding diaryl/α,β-unsaturated/α-hetero) is 1. The van der Waals surface area contributed by atoms with Crippen molar-refractivity contribution in [2.45, 2.75) is 45.6 Å². The standard InChI is InChI=1S/C15H16ClN3O2/c1-8-11-7-17-15(16)18-13(11)19(10-5-3-4-6-10)14(21)12(8)9(2)20/h7,10H,3-6H2,1-2H3. The Kier molecular flexibility index (Phi) is 3.53. The van der Waals surface area contributed by atoms with E-state index in [1.54, 1.807) is 17.7 Å². The average molecular weight is 306 g/mol. The maximum absolute atomic E-state index is 12.8. The molecular weight excluding hydrogens is 290 g/mol. The number of carbonyl (C=O) groups excluding carboxylic acids is 1. The van der Waals surface area contributed by atoms with Gasteiger partial charge >= 0.3 is 0 Å². The van der Waals surface area contributed by atoms with Crippen LogP contribution in [0.5, 0.6) is 0 Å². The third-order valence-electron chi connectivity index (χ3n) is 4.22. The Bertz CT molecular complexity index is 792. The van der Waals surface area contributed by atoms with Crippen LogP contribution in [0.3, 0.4) is 0 Å². The molecule has 2 aromatic rings. The normalized spacial score (nSPS) is 15.8. The first kappa shape index (κ1) is 14.2. The second-order valence-electron chi connectivity index (χ2n) is 5.55. The number of ketones is 1. The van der Waals surface area contributed by atoms with Gasteiger partial charge in [0.15, 0.2) is 5.78 Å². The van der Waals surface area contributed by atoms with Gasteiger partial charge in [0.1, 0.15) is 5.65 Å². The van der Waals surface area contributed by atoms with Crippen molar-refractivity contribution < 1.29 is 4.79 Å². The Labute approximate surface area is 127 Å². The summed E-state index contributed by atoms with van der Waals surface area (Å²) in [5, 5.41) is 0.833. The van der Waals surface area contributed by atoms with E-state index in [0.717, 1.165) is 31.1 Å². The summed E-state index contributed by atoms with van der Waals surface area (Å²) in [4.78, 5) is 32.9. The summed E-state index contributed by atoms with van der Waals surface area (Å²) in [6.45, 7) is 3.18. The van der Waals surface area contributed by atoms with Gasteiger partial charge in [-0.2, -0.15) is 4.98 Å². The van der Waals surface area contributed by atoms with Crippen LogP contribution in [0.2, 0.25) is 5.28 Å². The lowest BCUT2D eigenvalue weighted by atomic mass is 10.0. The van der Waals surface area contributed by atoms with Crippen LogP contribution < -0.4 is 5.56 Å². The average Bonchev–Trinajstić information content (AvgIpc) is 2.91. The molecule has 0 aliphatic heterocycles. The van der Waals surface area contributed by atoms with Gasteiger partial charge in [0.2, 0.25) is 5.28 Å². The zero-order valence-electron chi connectivity index (χ0n) is 12.0. The first-order chi connectivity index (χ1) is 10.0. The lowest BCUT2D eigenvalue weighted by Crippen LogP contribution is -2.30. The monoisotopic (exact) mass is 305 g/mol. The molecule has 110 valence electrons. The first-order valence-corrected chi connectivity index (χ1v) is 7.46. The molecule has 0 saturated heterocycles. The number of aromatic nitrogens is 3. The maximum atomic E-state index is 12.8. The van der Waals surface area contributed by atoms with Crippen molar-refractivity contribution in [2.24, 2.45) is 0 Å². The van der Waals surface area contributed by atoms with Crippen molar-refractivity contribution in [3.63, 3.8) is 0 Å². The molecule has 21 heavy (non-hydrogen) atoms. The molecule has 2 aromatic heterocycles. The molecule has 2 heterocycles. The molecule has 1 saturated carbocycles. The van der Waals surface area contributed by atoms with E-state index in [9.17, 15) is 9.59 Å². The van der Waals surface area contributed by atoms with Crippen molar-refractivity contribution in [1.82, 2.24) is 14.5 Å². The van der Waals surface area contributed by atoms with Crippen LogP contribution in [-0.2, 0) is 0 Å². The van der Waals surface area contributed by atoms with Gasteiger partial charge < -0.3 is 0 Å². The maximum Gasteiger partial charge on any atom is 0.263 e. The topological polar surface area (TPSA) is 64.8 Å². The number of hydrogen-bond donors (Lipinski definition) is 0. The molecule has 6 heteroatoms. The number of rotatable bonds is 2. The van der Waals surface area contributed by atoms with Crippen LogP contribution in [0.15, 0.2) is 11.0 Å². The fourth-order valence-electron chi connectivity index (χ4n) is 3.23. The zero-order valence-corrected chi connectivity index (χ0v) is 12.8. The van der Waals surface area contributed by atoms with E-state index in [2.05, 4.69) is 9.97 Å². The summed E-state index contributed by atoms with van der Waals surface area (Å²) in [7, 11) is 0. The van der Waals surface area contributed by atoms with Crippen molar-refractivity contribution in [3.8, 4) is 0 Å². The number of hydrogen-bond acceptors (Lipinski definition) is 4. The van der Waals surface area contributed by atoms with Gasteiger partial charge in [-0.3, -0.25) is 14.2 Å². The van der Waals surface area contributed by atoms with Crippen LogP contribution in [0.25, 0.3) is 11.0 Å². The Balaban J connectivity index is 2.44. The van der Waals surface area contributed by atoms with Crippen molar-refractivity contribution in [2.75, 3.05) is 0 Å². The molecule has 5 nitrogen and oxygen atoms in total. The van der Waals surface area contributed by atoms with E-state index < -0.39 is 0 Å². The lowest BCUT2D eigenvalue weighted by molar-refractivity contribution is 0.101. The summed E-state index contributed by atoms with van der Waals surface area (Å²) in [5.41, 5.74) is 1.15. The number of nitrogens with zero attached hydrogens (tertiary/aromatic N) is 3. The number of aryl methyl sites for hydroxylation is 1. The highest BCUT2D eigenvalue weighted by Gasteiger charge is 2.25. The molecule has 1 fully saturated rings. The van der Waals surface area contributed by atoms with E-state index in [1.165, 1.54) is 6.92 Å². The van der Waals surface area contributed by atoms with Crippen molar-refractivity contribution in [1.29, 1.82) is 0 Å². The summed E-state index contributed by atoms with van der Waals surface area (Å²) in [6, 6.07) is 0.0877. The fourth-order valence-corrected chi connectivity index (χ4v) is 3.36. The van der Waals surface area contributed by atoms with Crippen LogP contribution in [0.4, 0.5) is 0 Å². The van der Waals surface area contributed by atoms with Gasteiger partial charge in [-0.25, -0.2) is 4.98 Å². The Hall–Kier alpha value is -1.75. The Morgan fingerprint density at radius 2 is 2.05 bits per heavy atom. The Morgan fingerprint density at radius 3 is 2.67 bits per heavy atom. The molecular formula is C15H16ClN3O2.